The van der Waals surface area contributed by atoms with Gasteiger partial charge < -0.3 is 15.3 Å². The van der Waals surface area contributed by atoms with Crippen LogP contribution >= 0.6 is 0 Å². The molecule has 0 aliphatic heterocycles. The molecule has 28 heavy (non-hydrogen) atoms. The molecule has 0 aliphatic carbocycles. The van der Waals surface area contributed by atoms with E-state index in [1.54, 1.807) is 5.43 Å². The lowest BCUT2D eigenvalue weighted by Crippen LogP contribution is -2.20. The maximum atomic E-state index is 12.8. The average molecular weight is 408 g/mol. The zero-order chi connectivity index (χ0) is 21.3. The summed E-state index contributed by atoms with van der Waals surface area (Å²) in [7, 11) is 0. The van der Waals surface area contributed by atoms with E-state index in [-0.39, 0.29) is 23.8 Å². The first kappa shape index (κ1) is 20.9. The average Bonchev–Trinajstić information content (AvgIpc) is 2.59. The van der Waals surface area contributed by atoms with Gasteiger partial charge in [-0.3, -0.25) is 4.79 Å². The highest BCUT2D eigenvalue weighted by Gasteiger charge is 2.37. The molecule has 6 nitrogen and oxygen atoms in total. The van der Waals surface area contributed by atoms with Crippen molar-refractivity contribution in [3.05, 3.63) is 52.6 Å². The molecule has 0 aliphatic rings. The number of aromatic hydroxyl groups is 3. The van der Waals surface area contributed by atoms with Gasteiger partial charge in [-0.05, 0) is 30.3 Å². The number of amides is 1. The number of hydrogen-bond donors (Lipinski definition) is 4. The molecule has 0 atom stereocenters. The zero-order valence-corrected chi connectivity index (χ0v) is 13.4. The Hall–Kier alpha value is -3.44. The van der Waals surface area contributed by atoms with Crippen LogP contribution in [0.1, 0.15) is 27.0 Å². The van der Waals surface area contributed by atoms with Crippen molar-refractivity contribution in [2.75, 3.05) is 0 Å². The van der Waals surface area contributed by atoms with E-state index >= 15 is 0 Å². The lowest BCUT2D eigenvalue weighted by molar-refractivity contribution is -0.143. The Labute approximate surface area is 152 Å². The molecular weight excluding hydrogens is 398 g/mol. The largest absolute Gasteiger partial charge is 0.504 e. The Morgan fingerprint density at radius 1 is 0.893 bits per heavy atom. The summed E-state index contributed by atoms with van der Waals surface area (Å²) in [4.78, 5) is 11.9. The van der Waals surface area contributed by atoms with Crippen LogP contribution in [0.5, 0.6) is 17.2 Å². The van der Waals surface area contributed by atoms with Gasteiger partial charge in [0.05, 0.1) is 17.3 Å². The smallest absolute Gasteiger partial charge is 0.416 e. The predicted octanol–water partition coefficient (Wildman–Crippen LogP) is 3.60. The van der Waals surface area contributed by atoms with Gasteiger partial charge >= 0.3 is 12.4 Å². The van der Waals surface area contributed by atoms with Crippen LogP contribution in [-0.2, 0) is 12.4 Å². The Kier molecular flexibility index (Phi) is 5.43. The molecule has 0 aromatic heterocycles. The number of carbonyl (C=O) groups is 1. The van der Waals surface area contributed by atoms with Crippen molar-refractivity contribution in [3.8, 4) is 17.2 Å². The highest BCUT2D eigenvalue weighted by atomic mass is 19.4. The maximum absolute atomic E-state index is 12.8. The van der Waals surface area contributed by atoms with E-state index in [1.165, 1.54) is 0 Å². The van der Waals surface area contributed by atoms with Gasteiger partial charge in [0.2, 0.25) is 5.75 Å². The van der Waals surface area contributed by atoms with Gasteiger partial charge in [-0.15, -0.1) is 0 Å². The van der Waals surface area contributed by atoms with Gasteiger partial charge in [0.25, 0.3) is 5.91 Å². The van der Waals surface area contributed by atoms with Gasteiger partial charge in [-0.1, -0.05) is 0 Å². The molecule has 12 heteroatoms. The highest BCUT2D eigenvalue weighted by molar-refractivity contribution is 5.95. The van der Waals surface area contributed by atoms with Crippen molar-refractivity contribution in [1.29, 1.82) is 0 Å². The summed E-state index contributed by atoms with van der Waals surface area (Å²) in [5.74, 6) is -3.72. The van der Waals surface area contributed by atoms with Crippen molar-refractivity contribution >= 4 is 12.1 Å². The molecule has 2 aromatic carbocycles. The van der Waals surface area contributed by atoms with Crippen LogP contribution in [0.2, 0.25) is 0 Å². The predicted molar refractivity (Wildman–Crippen MR) is 82.9 cm³/mol. The van der Waals surface area contributed by atoms with Gasteiger partial charge in [0, 0.05) is 11.1 Å². The quantitative estimate of drug-likeness (QED) is 0.270. The molecule has 0 heterocycles. The molecule has 0 fully saturated rings. The third kappa shape index (κ3) is 4.64. The van der Waals surface area contributed by atoms with Crippen molar-refractivity contribution < 1.29 is 46.5 Å². The normalized spacial score (nSPS) is 12.4. The number of alkyl halides is 6. The lowest BCUT2D eigenvalue weighted by atomic mass is 10.0. The van der Waals surface area contributed by atoms with E-state index in [4.69, 9.17) is 5.11 Å². The summed E-state index contributed by atoms with van der Waals surface area (Å²) in [6.45, 7) is 0. The zero-order valence-electron chi connectivity index (χ0n) is 13.4. The van der Waals surface area contributed by atoms with Crippen LogP contribution < -0.4 is 5.43 Å². The SMILES string of the molecule is O=C(N/N=C\c1ccc(O)c(O)c1O)c1cc(C(F)(F)F)cc(C(F)(F)F)c1. The minimum atomic E-state index is -5.12. The van der Waals surface area contributed by atoms with E-state index < -0.39 is 52.2 Å². The molecule has 0 saturated heterocycles. The first-order chi connectivity index (χ1) is 12.8. The minimum Gasteiger partial charge on any atom is -0.504 e. The number of hydrazone groups is 1. The molecule has 2 rings (SSSR count). The highest BCUT2D eigenvalue weighted by Crippen LogP contribution is 2.37. The number of carbonyl (C=O) groups excluding carboxylic acids is 1. The van der Waals surface area contributed by atoms with Crippen molar-refractivity contribution in [2.45, 2.75) is 12.4 Å². The standard InChI is InChI=1S/C16H10F6N2O4/c17-15(18,19)9-3-8(4-10(5-9)16(20,21)22)14(28)24-23-6-7-1-2-11(25)13(27)12(7)26/h1-6,25-27H,(H,24,28)/b23-6-. The van der Waals surface area contributed by atoms with Gasteiger partial charge in [0.1, 0.15) is 0 Å². The van der Waals surface area contributed by atoms with Crippen LogP contribution in [-0.4, -0.2) is 27.4 Å². The Morgan fingerprint density at radius 3 is 1.93 bits per heavy atom. The summed E-state index contributed by atoms with van der Waals surface area (Å²) in [6.07, 6.45) is -9.48. The molecule has 150 valence electrons. The van der Waals surface area contributed by atoms with Crippen molar-refractivity contribution in [1.82, 2.24) is 5.43 Å². The summed E-state index contributed by atoms with van der Waals surface area (Å²) >= 11 is 0. The number of halogens is 6. The van der Waals surface area contributed by atoms with Crippen LogP contribution in [0.4, 0.5) is 26.3 Å². The number of nitrogens with one attached hydrogen (secondary N) is 1. The van der Waals surface area contributed by atoms with E-state index in [9.17, 15) is 41.4 Å². The van der Waals surface area contributed by atoms with Gasteiger partial charge in [-0.25, -0.2) is 5.43 Å². The number of benzene rings is 2. The van der Waals surface area contributed by atoms with Crippen LogP contribution in [0.25, 0.3) is 0 Å². The monoisotopic (exact) mass is 408 g/mol. The molecule has 1 amide bonds. The van der Waals surface area contributed by atoms with E-state index in [0.717, 1.165) is 18.3 Å². The molecule has 0 radical (unpaired) electrons. The maximum Gasteiger partial charge on any atom is 0.416 e. The minimum absolute atomic E-state index is 0.128. The number of rotatable bonds is 3. The Bertz CT molecular complexity index is 906. The van der Waals surface area contributed by atoms with Crippen LogP contribution in [0.3, 0.4) is 0 Å². The lowest BCUT2D eigenvalue weighted by Gasteiger charge is -2.13. The first-order valence-corrected chi connectivity index (χ1v) is 7.17. The third-order valence-electron chi connectivity index (χ3n) is 3.38. The Balaban J connectivity index is 2.30. The second-order valence-electron chi connectivity index (χ2n) is 5.36. The first-order valence-electron chi connectivity index (χ1n) is 7.17. The van der Waals surface area contributed by atoms with Gasteiger partial charge in [-0.2, -0.15) is 31.4 Å². The Morgan fingerprint density at radius 2 is 1.43 bits per heavy atom. The molecule has 0 spiro atoms. The second kappa shape index (κ2) is 7.29. The van der Waals surface area contributed by atoms with E-state index in [0.29, 0.717) is 0 Å². The van der Waals surface area contributed by atoms with E-state index in [2.05, 4.69) is 5.10 Å². The van der Waals surface area contributed by atoms with E-state index in [1.807, 2.05) is 0 Å². The van der Waals surface area contributed by atoms with Crippen LogP contribution in [0, 0.1) is 0 Å². The summed E-state index contributed by atoms with van der Waals surface area (Å²) in [5, 5.41) is 31.3. The van der Waals surface area contributed by atoms with Crippen molar-refractivity contribution in [3.63, 3.8) is 0 Å². The summed E-state index contributed by atoms with van der Waals surface area (Å²) in [5.41, 5.74) is -2.78. The molecule has 4 N–H and O–H groups in total. The van der Waals surface area contributed by atoms with Gasteiger partial charge in [0.15, 0.2) is 11.5 Å². The second-order valence-corrected chi connectivity index (χ2v) is 5.36. The third-order valence-corrected chi connectivity index (χ3v) is 3.38. The fourth-order valence-corrected chi connectivity index (χ4v) is 2.00. The molecule has 2 aromatic rings. The molecule has 0 saturated carbocycles. The summed E-state index contributed by atoms with van der Waals surface area (Å²) < 4.78 is 76.7. The molecule has 0 bridgehead atoms. The fraction of sp³-hybridized carbons (Fsp3) is 0.125. The van der Waals surface area contributed by atoms with Crippen molar-refractivity contribution in [2.24, 2.45) is 5.10 Å². The number of nitrogens with zero attached hydrogens (tertiary/aromatic N) is 1. The number of phenolic OH excluding ortho intramolecular Hbond substituents is 3. The van der Waals surface area contributed by atoms with Crippen LogP contribution in [0.15, 0.2) is 35.4 Å². The fourth-order valence-electron chi connectivity index (χ4n) is 2.00. The number of hydrogen-bond acceptors (Lipinski definition) is 5. The molecule has 0 unspecified atom stereocenters. The summed E-state index contributed by atoms with van der Waals surface area (Å²) in [6, 6.07) is 2.37. The molecular formula is C16H10F6N2O4. The topological polar surface area (TPSA) is 102 Å². The number of phenols is 3.